The van der Waals surface area contributed by atoms with E-state index in [1.807, 2.05) is 0 Å². The third-order valence-electron chi connectivity index (χ3n) is 3.15. The fraction of sp³-hybridized carbons (Fsp3) is 0.571. The zero-order valence-corrected chi connectivity index (χ0v) is 10.8. The number of benzene rings is 1. The number of nitrogens with zero attached hydrogens (tertiary/aromatic N) is 1. The van der Waals surface area contributed by atoms with Gasteiger partial charge in [0.2, 0.25) is 0 Å². The molecule has 1 aromatic rings. The van der Waals surface area contributed by atoms with E-state index in [0.717, 1.165) is 45.8 Å². The molecule has 0 unspecified atom stereocenters. The van der Waals surface area contributed by atoms with Crippen LogP contribution in [0, 0.1) is 0 Å². The Bertz CT molecular complexity index is 334. The van der Waals surface area contributed by atoms with E-state index >= 15 is 0 Å². The highest BCUT2D eigenvalue weighted by molar-refractivity contribution is 5.47. The maximum Gasteiger partial charge on any atom is 0.0642 e. The molecule has 2 N–H and O–H groups in total. The van der Waals surface area contributed by atoms with Gasteiger partial charge in [0.15, 0.2) is 0 Å². The van der Waals surface area contributed by atoms with Crippen molar-refractivity contribution in [2.45, 2.75) is 13.0 Å². The molecule has 1 aliphatic rings. The second kappa shape index (κ2) is 7.36. The summed E-state index contributed by atoms with van der Waals surface area (Å²) in [6.07, 6.45) is 0.811. The third kappa shape index (κ3) is 3.98. The van der Waals surface area contributed by atoms with E-state index < -0.39 is 0 Å². The van der Waals surface area contributed by atoms with Gasteiger partial charge in [-0.15, -0.1) is 0 Å². The Morgan fingerprint density at radius 1 is 1.17 bits per heavy atom. The average Bonchev–Trinajstić information content (AvgIpc) is 2.45. The number of aliphatic hydroxyl groups is 1. The predicted octanol–water partition coefficient (Wildman–Crippen LogP) is 0.995. The fourth-order valence-electron chi connectivity index (χ4n) is 2.08. The van der Waals surface area contributed by atoms with Crippen LogP contribution in [0.5, 0.6) is 0 Å². The van der Waals surface area contributed by atoms with E-state index in [-0.39, 0.29) is 6.61 Å². The van der Waals surface area contributed by atoms with Crippen LogP contribution in [0.4, 0.5) is 5.69 Å². The molecule has 0 amide bonds. The Morgan fingerprint density at radius 2 is 1.89 bits per heavy atom. The van der Waals surface area contributed by atoms with Crippen LogP contribution in [0.15, 0.2) is 24.3 Å². The van der Waals surface area contributed by atoms with Gasteiger partial charge >= 0.3 is 0 Å². The fourth-order valence-corrected chi connectivity index (χ4v) is 2.08. The summed E-state index contributed by atoms with van der Waals surface area (Å²) in [4.78, 5) is 2.35. The van der Waals surface area contributed by atoms with Crippen molar-refractivity contribution in [3.05, 3.63) is 29.8 Å². The largest absolute Gasteiger partial charge is 0.396 e. The first kappa shape index (κ1) is 13.3. The van der Waals surface area contributed by atoms with E-state index in [9.17, 15) is 0 Å². The van der Waals surface area contributed by atoms with Crippen molar-refractivity contribution in [1.82, 2.24) is 5.32 Å². The van der Waals surface area contributed by atoms with Gasteiger partial charge < -0.3 is 20.1 Å². The molecular weight excluding hydrogens is 228 g/mol. The van der Waals surface area contributed by atoms with Crippen LogP contribution in [0.25, 0.3) is 0 Å². The highest BCUT2D eigenvalue weighted by Crippen LogP contribution is 2.16. The van der Waals surface area contributed by atoms with E-state index in [4.69, 9.17) is 9.84 Å². The van der Waals surface area contributed by atoms with Crippen molar-refractivity contribution < 1.29 is 9.84 Å². The lowest BCUT2D eigenvalue weighted by Gasteiger charge is -2.28. The summed E-state index contributed by atoms with van der Waals surface area (Å²) in [5.74, 6) is 0. The molecule has 100 valence electrons. The smallest absolute Gasteiger partial charge is 0.0642 e. The maximum absolute atomic E-state index is 8.69. The minimum atomic E-state index is 0.253. The van der Waals surface area contributed by atoms with Gasteiger partial charge in [-0.3, -0.25) is 0 Å². The molecule has 0 bridgehead atoms. The first-order valence-corrected chi connectivity index (χ1v) is 6.63. The van der Waals surface area contributed by atoms with E-state index in [1.165, 1.54) is 11.3 Å². The van der Waals surface area contributed by atoms with Gasteiger partial charge in [0.1, 0.15) is 0 Å². The summed E-state index contributed by atoms with van der Waals surface area (Å²) < 4.78 is 5.35. The van der Waals surface area contributed by atoms with Gasteiger partial charge in [-0.25, -0.2) is 0 Å². The van der Waals surface area contributed by atoms with Gasteiger partial charge in [-0.05, 0) is 30.7 Å². The lowest BCUT2D eigenvalue weighted by molar-refractivity contribution is 0.122. The maximum atomic E-state index is 8.69. The molecule has 1 saturated heterocycles. The molecule has 18 heavy (non-hydrogen) atoms. The van der Waals surface area contributed by atoms with Crippen LogP contribution >= 0.6 is 0 Å². The van der Waals surface area contributed by atoms with Crippen LogP contribution in [0.2, 0.25) is 0 Å². The molecule has 4 nitrogen and oxygen atoms in total. The van der Waals surface area contributed by atoms with Gasteiger partial charge in [0, 0.05) is 31.9 Å². The Hall–Kier alpha value is -1.10. The van der Waals surface area contributed by atoms with Crippen molar-refractivity contribution in [3.63, 3.8) is 0 Å². The number of nitrogens with one attached hydrogen (secondary N) is 1. The van der Waals surface area contributed by atoms with Crippen molar-refractivity contribution in [2.75, 3.05) is 44.4 Å². The van der Waals surface area contributed by atoms with Crippen LogP contribution in [0.3, 0.4) is 0 Å². The second-order valence-corrected chi connectivity index (χ2v) is 4.52. The number of hydrogen-bond donors (Lipinski definition) is 2. The molecule has 4 heteroatoms. The molecule has 0 aromatic heterocycles. The molecule has 0 aliphatic carbocycles. The zero-order valence-electron chi connectivity index (χ0n) is 10.8. The first-order valence-electron chi connectivity index (χ1n) is 6.63. The summed E-state index contributed by atoms with van der Waals surface area (Å²) in [7, 11) is 0. The SMILES string of the molecule is OCCCNCc1ccc(N2CCOCC2)cc1. The van der Waals surface area contributed by atoms with Crippen LogP contribution in [-0.2, 0) is 11.3 Å². The molecule has 1 aromatic carbocycles. The minimum Gasteiger partial charge on any atom is -0.396 e. The van der Waals surface area contributed by atoms with Gasteiger partial charge in [-0.1, -0.05) is 12.1 Å². The summed E-state index contributed by atoms with van der Waals surface area (Å²) in [6.45, 7) is 5.59. The summed E-state index contributed by atoms with van der Waals surface area (Å²) in [5, 5.41) is 12.0. The Balaban J connectivity index is 1.81. The second-order valence-electron chi connectivity index (χ2n) is 4.52. The van der Waals surface area contributed by atoms with Crippen molar-refractivity contribution in [1.29, 1.82) is 0 Å². The molecule has 0 saturated carbocycles. The zero-order chi connectivity index (χ0) is 12.6. The Labute approximate surface area is 109 Å². The molecule has 1 fully saturated rings. The lowest BCUT2D eigenvalue weighted by atomic mass is 10.2. The average molecular weight is 250 g/mol. The molecule has 1 aliphatic heterocycles. The highest BCUT2D eigenvalue weighted by Gasteiger charge is 2.10. The summed E-state index contributed by atoms with van der Waals surface area (Å²) >= 11 is 0. The first-order chi connectivity index (χ1) is 8.90. The van der Waals surface area contributed by atoms with Crippen molar-refractivity contribution in [3.8, 4) is 0 Å². The topological polar surface area (TPSA) is 44.7 Å². The van der Waals surface area contributed by atoms with Crippen LogP contribution in [-0.4, -0.2) is 44.6 Å². The number of hydrogen-bond acceptors (Lipinski definition) is 4. The quantitative estimate of drug-likeness (QED) is 0.739. The standard InChI is InChI=1S/C14H22N2O2/c17-9-1-6-15-12-13-2-4-14(5-3-13)16-7-10-18-11-8-16/h2-5,15,17H,1,6-12H2. The molecule has 2 rings (SSSR count). The monoisotopic (exact) mass is 250 g/mol. The molecule has 0 spiro atoms. The van der Waals surface area contributed by atoms with E-state index in [2.05, 4.69) is 34.5 Å². The number of ether oxygens (including phenoxy) is 1. The van der Waals surface area contributed by atoms with Gasteiger partial charge in [-0.2, -0.15) is 0 Å². The number of anilines is 1. The molecule has 0 radical (unpaired) electrons. The summed E-state index contributed by atoms with van der Waals surface area (Å²) in [6, 6.07) is 8.68. The van der Waals surface area contributed by atoms with E-state index in [1.54, 1.807) is 0 Å². The normalized spacial score (nSPS) is 15.9. The predicted molar refractivity (Wildman–Crippen MR) is 72.9 cm³/mol. The molecule has 1 heterocycles. The van der Waals surface area contributed by atoms with Crippen LogP contribution in [0.1, 0.15) is 12.0 Å². The Morgan fingerprint density at radius 3 is 2.56 bits per heavy atom. The number of rotatable bonds is 6. The van der Waals surface area contributed by atoms with Gasteiger partial charge in [0.05, 0.1) is 13.2 Å². The van der Waals surface area contributed by atoms with Crippen molar-refractivity contribution >= 4 is 5.69 Å². The molecule has 0 atom stereocenters. The number of morpholine rings is 1. The highest BCUT2D eigenvalue weighted by atomic mass is 16.5. The lowest BCUT2D eigenvalue weighted by Crippen LogP contribution is -2.36. The Kier molecular flexibility index (Phi) is 5.45. The van der Waals surface area contributed by atoms with Crippen molar-refractivity contribution in [2.24, 2.45) is 0 Å². The minimum absolute atomic E-state index is 0.253. The summed E-state index contributed by atoms with van der Waals surface area (Å²) in [5.41, 5.74) is 2.56. The van der Waals surface area contributed by atoms with Crippen LogP contribution < -0.4 is 10.2 Å². The molecular formula is C14H22N2O2. The number of aliphatic hydroxyl groups excluding tert-OH is 1. The van der Waals surface area contributed by atoms with Gasteiger partial charge in [0.25, 0.3) is 0 Å². The van der Waals surface area contributed by atoms with E-state index in [0.29, 0.717) is 0 Å². The third-order valence-corrected chi connectivity index (χ3v) is 3.15.